The first-order valence-corrected chi connectivity index (χ1v) is 9.63. The van der Waals surface area contributed by atoms with Gasteiger partial charge in [0, 0.05) is 5.38 Å². The normalized spacial score (nSPS) is 11.5. The van der Waals surface area contributed by atoms with Crippen LogP contribution < -0.4 is 4.90 Å². The minimum Gasteiger partial charge on any atom is -0.266 e. The first-order valence-electron chi connectivity index (χ1n) is 8.75. The molecule has 0 atom stereocenters. The lowest BCUT2D eigenvalue weighted by Gasteiger charge is -2.18. The van der Waals surface area contributed by atoms with Crippen LogP contribution in [-0.2, 0) is 6.18 Å². The molecule has 0 radical (unpaired) electrons. The Morgan fingerprint density at radius 2 is 1.77 bits per heavy atom. The molecule has 0 fully saturated rings. The van der Waals surface area contributed by atoms with Crippen LogP contribution in [-0.4, -0.2) is 25.9 Å². The molecule has 6 nitrogen and oxygen atoms in total. The average Bonchev–Trinajstić information content (AvgIpc) is 3.38. The Balaban J connectivity index is 1.75. The number of thiazole rings is 1. The number of carbonyl (C=O) groups excluding carboxylic acids is 1. The van der Waals surface area contributed by atoms with Gasteiger partial charge in [-0.15, -0.1) is 16.4 Å². The summed E-state index contributed by atoms with van der Waals surface area (Å²) in [5.74, 6) is -0.550. The summed E-state index contributed by atoms with van der Waals surface area (Å²) in [7, 11) is 0. The van der Waals surface area contributed by atoms with Crippen molar-refractivity contribution in [3.63, 3.8) is 0 Å². The van der Waals surface area contributed by atoms with E-state index in [9.17, 15) is 18.0 Å². The molecule has 0 spiro atoms. The molecule has 0 bridgehead atoms. The van der Waals surface area contributed by atoms with Crippen molar-refractivity contribution in [1.29, 1.82) is 0 Å². The smallest absolute Gasteiger partial charge is 0.266 e. The minimum atomic E-state index is -4.57. The van der Waals surface area contributed by atoms with Crippen LogP contribution in [0.1, 0.15) is 21.7 Å². The van der Waals surface area contributed by atoms with E-state index in [2.05, 4.69) is 15.3 Å². The maximum absolute atomic E-state index is 13.3. The number of benzene rings is 2. The van der Waals surface area contributed by atoms with Crippen LogP contribution >= 0.6 is 11.3 Å². The van der Waals surface area contributed by atoms with Gasteiger partial charge in [0.15, 0.2) is 10.8 Å². The summed E-state index contributed by atoms with van der Waals surface area (Å²) >= 11 is 1.27. The van der Waals surface area contributed by atoms with E-state index in [-0.39, 0.29) is 11.4 Å². The van der Waals surface area contributed by atoms with Crippen molar-refractivity contribution in [2.75, 3.05) is 4.90 Å². The number of hydrogen-bond acceptors (Lipinski definition) is 5. The first kappa shape index (κ1) is 19.8. The van der Waals surface area contributed by atoms with Gasteiger partial charge in [-0.2, -0.15) is 13.2 Å². The fourth-order valence-electron chi connectivity index (χ4n) is 2.84. The zero-order valence-electron chi connectivity index (χ0n) is 15.5. The number of nitrogens with zero attached hydrogens (tertiary/aromatic N) is 5. The van der Waals surface area contributed by atoms with Crippen LogP contribution in [0.4, 0.5) is 24.0 Å². The van der Waals surface area contributed by atoms with Crippen molar-refractivity contribution < 1.29 is 18.0 Å². The van der Waals surface area contributed by atoms with E-state index in [0.717, 1.165) is 16.4 Å². The van der Waals surface area contributed by atoms with Crippen molar-refractivity contribution in [2.45, 2.75) is 13.1 Å². The molecule has 0 saturated carbocycles. The van der Waals surface area contributed by atoms with Gasteiger partial charge in [-0.25, -0.2) is 9.67 Å². The van der Waals surface area contributed by atoms with E-state index in [0.29, 0.717) is 10.8 Å². The molecular formula is C20H14F3N5OS. The quantitative estimate of drug-likeness (QED) is 0.457. The molecule has 0 unspecified atom stereocenters. The number of hydrogen-bond donors (Lipinski definition) is 0. The molecule has 0 saturated heterocycles. The molecule has 10 heteroatoms. The number of aryl methyl sites for hydroxylation is 1. The van der Waals surface area contributed by atoms with Crippen molar-refractivity contribution in [1.82, 2.24) is 20.0 Å². The van der Waals surface area contributed by atoms with Gasteiger partial charge >= 0.3 is 6.18 Å². The number of carbonyl (C=O) groups is 1. The predicted octanol–water partition coefficient (Wildman–Crippen LogP) is 5.03. The number of para-hydroxylation sites is 2. The van der Waals surface area contributed by atoms with Crippen LogP contribution in [0, 0.1) is 6.92 Å². The lowest BCUT2D eigenvalue weighted by molar-refractivity contribution is -0.137. The maximum Gasteiger partial charge on any atom is 0.418 e. The van der Waals surface area contributed by atoms with E-state index < -0.39 is 17.6 Å². The third-order valence-corrected chi connectivity index (χ3v) is 5.13. The first-order chi connectivity index (χ1) is 14.3. The SMILES string of the molecule is Cc1csc(N(C(=O)c2cn(-c3ccccc3C(F)(F)F)nn2)c2ccccc2)n1. The van der Waals surface area contributed by atoms with Crippen LogP contribution in [0.2, 0.25) is 0 Å². The Morgan fingerprint density at radius 1 is 1.07 bits per heavy atom. The molecule has 0 aliphatic rings. The number of rotatable bonds is 4. The van der Waals surface area contributed by atoms with Crippen LogP contribution in [0.25, 0.3) is 5.69 Å². The molecular weight excluding hydrogens is 415 g/mol. The number of amides is 1. The largest absolute Gasteiger partial charge is 0.418 e. The summed E-state index contributed by atoms with van der Waals surface area (Å²) in [6.45, 7) is 1.80. The second-order valence-electron chi connectivity index (χ2n) is 6.31. The third kappa shape index (κ3) is 3.81. The minimum absolute atomic E-state index is 0.108. The van der Waals surface area contributed by atoms with Gasteiger partial charge in [-0.05, 0) is 31.2 Å². The van der Waals surface area contributed by atoms with Gasteiger partial charge in [0.1, 0.15) is 0 Å². The highest BCUT2D eigenvalue weighted by molar-refractivity contribution is 7.14. The Bertz CT molecular complexity index is 1190. The fraction of sp³-hybridized carbons (Fsp3) is 0.100. The highest BCUT2D eigenvalue weighted by Crippen LogP contribution is 2.34. The number of alkyl halides is 3. The van der Waals surface area contributed by atoms with E-state index in [1.807, 2.05) is 6.07 Å². The topological polar surface area (TPSA) is 63.9 Å². The zero-order chi connectivity index (χ0) is 21.3. The van der Waals surface area contributed by atoms with Crippen LogP contribution in [0.15, 0.2) is 66.2 Å². The molecule has 2 heterocycles. The molecule has 30 heavy (non-hydrogen) atoms. The van der Waals surface area contributed by atoms with E-state index in [1.54, 1.807) is 36.6 Å². The summed E-state index contributed by atoms with van der Waals surface area (Å²) < 4.78 is 40.9. The highest BCUT2D eigenvalue weighted by atomic mass is 32.1. The van der Waals surface area contributed by atoms with E-state index >= 15 is 0 Å². The summed E-state index contributed by atoms with van der Waals surface area (Å²) in [5.41, 5.74) is 0.106. The van der Waals surface area contributed by atoms with Gasteiger partial charge in [-0.1, -0.05) is 35.5 Å². The molecule has 1 amide bonds. The molecule has 2 aromatic heterocycles. The molecule has 0 aliphatic heterocycles. The Morgan fingerprint density at radius 3 is 2.43 bits per heavy atom. The van der Waals surface area contributed by atoms with Crippen molar-refractivity contribution in [2.24, 2.45) is 0 Å². The maximum atomic E-state index is 13.3. The fourth-order valence-corrected chi connectivity index (χ4v) is 3.66. The second kappa shape index (κ2) is 7.71. The van der Waals surface area contributed by atoms with Crippen molar-refractivity contribution in [3.05, 3.63) is 83.1 Å². The summed E-state index contributed by atoms with van der Waals surface area (Å²) in [6.07, 6.45) is -3.38. The molecule has 4 aromatic rings. The Hall–Kier alpha value is -3.53. The standard InChI is InChI=1S/C20H14F3N5OS/c1-13-12-30-19(24-13)28(14-7-3-2-4-8-14)18(29)16-11-27(26-25-16)17-10-6-5-9-15(17)20(21,22)23/h2-12H,1H3. The van der Waals surface area contributed by atoms with E-state index in [4.69, 9.17) is 0 Å². The second-order valence-corrected chi connectivity index (χ2v) is 7.15. The molecule has 2 aromatic carbocycles. The van der Waals surface area contributed by atoms with E-state index in [1.165, 1.54) is 40.6 Å². The van der Waals surface area contributed by atoms with Gasteiger partial charge < -0.3 is 0 Å². The molecule has 4 rings (SSSR count). The number of aromatic nitrogens is 4. The Kier molecular flexibility index (Phi) is 5.08. The predicted molar refractivity (Wildman–Crippen MR) is 106 cm³/mol. The van der Waals surface area contributed by atoms with Crippen molar-refractivity contribution >= 4 is 28.1 Å². The van der Waals surface area contributed by atoms with Crippen LogP contribution in [0.5, 0.6) is 0 Å². The zero-order valence-corrected chi connectivity index (χ0v) is 16.4. The summed E-state index contributed by atoms with van der Waals surface area (Å²) in [6, 6.07) is 13.8. The third-order valence-electron chi connectivity index (χ3n) is 4.18. The molecule has 0 N–H and O–H groups in total. The van der Waals surface area contributed by atoms with Gasteiger partial charge in [0.2, 0.25) is 0 Å². The monoisotopic (exact) mass is 429 g/mol. The van der Waals surface area contributed by atoms with Crippen LogP contribution in [0.3, 0.4) is 0 Å². The van der Waals surface area contributed by atoms with Crippen molar-refractivity contribution in [3.8, 4) is 5.69 Å². The lowest BCUT2D eigenvalue weighted by atomic mass is 10.1. The number of halogens is 3. The summed E-state index contributed by atoms with van der Waals surface area (Å²) in [4.78, 5) is 19.0. The van der Waals surface area contributed by atoms with Gasteiger partial charge in [0.25, 0.3) is 5.91 Å². The molecule has 152 valence electrons. The average molecular weight is 429 g/mol. The summed E-state index contributed by atoms with van der Waals surface area (Å²) in [5, 5.41) is 9.81. The van der Waals surface area contributed by atoms with Gasteiger partial charge in [-0.3, -0.25) is 9.69 Å². The lowest BCUT2D eigenvalue weighted by Crippen LogP contribution is -2.26. The highest BCUT2D eigenvalue weighted by Gasteiger charge is 2.34. The Labute approximate surface area is 173 Å². The van der Waals surface area contributed by atoms with Gasteiger partial charge in [0.05, 0.1) is 28.8 Å². The molecule has 0 aliphatic carbocycles. The number of anilines is 2.